The number of amides is 1. The van der Waals surface area contributed by atoms with Gasteiger partial charge >= 0.3 is 0 Å². The van der Waals surface area contributed by atoms with Crippen LogP contribution in [-0.4, -0.2) is 43.0 Å². The Morgan fingerprint density at radius 3 is 2.53 bits per heavy atom. The van der Waals surface area contributed by atoms with Gasteiger partial charge in [0.1, 0.15) is 11.8 Å². The van der Waals surface area contributed by atoms with E-state index in [9.17, 15) is 14.9 Å². The lowest BCUT2D eigenvalue weighted by Crippen LogP contribution is -2.36. The molecular formula is C12H17N3O4. The summed E-state index contributed by atoms with van der Waals surface area (Å²) in [4.78, 5) is 23.5. The maximum atomic E-state index is 11.7. The smallest absolute Gasteiger partial charge is 0.275 e. The third kappa shape index (κ3) is 3.84. The predicted octanol–water partition coefficient (Wildman–Crippen LogP) is 1.49. The number of nitrogens with one attached hydrogen (secondary N) is 1. The molecule has 1 amide bonds. The van der Waals surface area contributed by atoms with Crippen molar-refractivity contribution < 1.29 is 14.5 Å². The van der Waals surface area contributed by atoms with Gasteiger partial charge in [0, 0.05) is 31.9 Å². The van der Waals surface area contributed by atoms with E-state index in [1.165, 1.54) is 24.1 Å². The minimum Gasteiger partial charge on any atom is -0.496 e. The topological polar surface area (TPSA) is 84.7 Å². The lowest BCUT2D eigenvalue weighted by Gasteiger charge is -2.19. The number of nitro groups is 1. The van der Waals surface area contributed by atoms with Crippen LogP contribution < -0.4 is 10.1 Å². The Morgan fingerprint density at radius 2 is 2.05 bits per heavy atom. The number of carbonyl (C=O) groups is 1. The monoisotopic (exact) mass is 267 g/mol. The van der Waals surface area contributed by atoms with E-state index in [1.54, 1.807) is 27.1 Å². The highest BCUT2D eigenvalue weighted by Gasteiger charge is 2.17. The molecule has 0 aliphatic heterocycles. The molecule has 19 heavy (non-hydrogen) atoms. The van der Waals surface area contributed by atoms with Gasteiger partial charge in [-0.05, 0) is 6.92 Å². The van der Waals surface area contributed by atoms with Gasteiger partial charge in [-0.2, -0.15) is 0 Å². The first-order valence-corrected chi connectivity index (χ1v) is 5.66. The number of likely N-dealkylation sites (N-methyl/N-ethyl adjacent to an activating group) is 1. The van der Waals surface area contributed by atoms with Crippen molar-refractivity contribution in [2.75, 3.05) is 26.5 Å². The molecule has 0 aromatic heterocycles. The van der Waals surface area contributed by atoms with Crippen LogP contribution in [0.3, 0.4) is 0 Å². The molecule has 0 aliphatic rings. The van der Waals surface area contributed by atoms with Crippen molar-refractivity contribution in [3.63, 3.8) is 0 Å². The highest BCUT2D eigenvalue weighted by molar-refractivity contribution is 5.84. The highest BCUT2D eigenvalue weighted by atomic mass is 16.6. The minimum atomic E-state index is -0.508. The van der Waals surface area contributed by atoms with Crippen molar-refractivity contribution in [2.24, 2.45) is 0 Å². The molecule has 0 saturated heterocycles. The number of rotatable bonds is 5. The van der Waals surface area contributed by atoms with E-state index in [1.807, 2.05) is 0 Å². The molecule has 0 saturated carbocycles. The number of nitrogens with zero attached hydrogens (tertiary/aromatic N) is 2. The summed E-state index contributed by atoms with van der Waals surface area (Å²) in [7, 11) is 4.72. The first kappa shape index (κ1) is 14.7. The van der Waals surface area contributed by atoms with Gasteiger partial charge in [0.05, 0.1) is 18.1 Å². The summed E-state index contributed by atoms with van der Waals surface area (Å²) in [5.74, 6) is 0.242. The summed E-state index contributed by atoms with van der Waals surface area (Å²) in [6.07, 6.45) is 0. The summed E-state index contributed by atoms with van der Waals surface area (Å²) in [5, 5.41) is 13.7. The summed E-state index contributed by atoms with van der Waals surface area (Å²) in [6.45, 7) is 1.69. The number of methoxy groups -OCH3 is 1. The molecule has 1 N–H and O–H groups in total. The van der Waals surface area contributed by atoms with Crippen LogP contribution in [0.4, 0.5) is 11.4 Å². The van der Waals surface area contributed by atoms with Crippen LogP contribution in [0.15, 0.2) is 18.2 Å². The average Bonchev–Trinajstić information content (AvgIpc) is 2.36. The molecule has 0 fully saturated rings. The van der Waals surface area contributed by atoms with Crippen LogP contribution in [0.2, 0.25) is 0 Å². The number of hydrogen-bond donors (Lipinski definition) is 1. The zero-order valence-electron chi connectivity index (χ0n) is 11.3. The number of hydrogen-bond acceptors (Lipinski definition) is 5. The fourth-order valence-corrected chi connectivity index (χ4v) is 1.59. The molecule has 1 rings (SSSR count). The van der Waals surface area contributed by atoms with E-state index in [0.717, 1.165) is 0 Å². The zero-order chi connectivity index (χ0) is 14.6. The minimum absolute atomic E-state index is 0.0913. The Hall–Kier alpha value is -2.31. The third-order valence-corrected chi connectivity index (χ3v) is 2.53. The first-order chi connectivity index (χ1) is 8.85. The number of carbonyl (C=O) groups excluding carboxylic acids is 1. The normalized spacial score (nSPS) is 11.6. The molecule has 7 nitrogen and oxygen atoms in total. The summed E-state index contributed by atoms with van der Waals surface area (Å²) >= 11 is 0. The Balaban J connectivity index is 2.97. The Kier molecular flexibility index (Phi) is 4.68. The van der Waals surface area contributed by atoms with Crippen molar-refractivity contribution in [1.82, 2.24) is 4.90 Å². The standard InChI is InChI=1S/C12H17N3O4/c1-8(12(16)14(2)3)13-9-5-10(15(17)18)7-11(6-9)19-4/h5-8,13H,1-4H3. The maximum Gasteiger partial charge on any atom is 0.275 e. The van der Waals surface area contributed by atoms with Gasteiger partial charge in [0.25, 0.3) is 5.69 Å². The molecule has 1 atom stereocenters. The number of anilines is 1. The van der Waals surface area contributed by atoms with Gasteiger partial charge < -0.3 is 15.0 Å². The van der Waals surface area contributed by atoms with Crippen molar-refractivity contribution >= 4 is 17.3 Å². The summed E-state index contributed by atoms with van der Waals surface area (Å²) in [6, 6.07) is 3.81. The molecule has 0 bridgehead atoms. The van der Waals surface area contributed by atoms with E-state index in [-0.39, 0.29) is 11.6 Å². The fourth-order valence-electron chi connectivity index (χ4n) is 1.59. The van der Waals surface area contributed by atoms with Gasteiger partial charge in [-0.15, -0.1) is 0 Å². The summed E-state index contributed by atoms with van der Waals surface area (Å²) in [5.41, 5.74) is 0.375. The summed E-state index contributed by atoms with van der Waals surface area (Å²) < 4.78 is 5.00. The lowest BCUT2D eigenvalue weighted by atomic mass is 10.2. The van der Waals surface area contributed by atoms with E-state index < -0.39 is 11.0 Å². The molecule has 1 aromatic carbocycles. The second kappa shape index (κ2) is 6.03. The van der Waals surface area contributed by atoms with Crippen LogP contribution in [0.25, 0.3) is 0 Å². The van der Waals surface area contributed by atoms with Crippen LogP contribution in [0, 0.1) is 10.1 Å². The number of ether oxygens (including phenoxy) is 1. The number of non-ortho nitro benzene ring substituents is 1. The molecule has 0 radical (unpaired) electrons. The van der Waals surface area contributed by atoms with Crippen LogP contribution >= 0.6 is 0 Å². The molecule has 1 aromatic rings. The second-order valence-electron chi connectivity index (χ2n) is 4.28. The van der Waals surface area contributed by atoms with Gasteiger partial charge in [0.2, 0.25) is 5.91 Å². The lowest BCUT2D eigenvalue weighted by molar-refractivity contribution is -0.384. The number of benzene rings is 1. The first-order valence-electron chi connectivity index (χ1n) is 5.66. The van der Waals surface area contributed by atoms with Crippen molar-refractivity contribution in [3.8, 4) is 5.75 Å². The highest BCUT2D eigenvalue weighted by Crippen LogP contribution is 2.26. The molecule has 0 spiro atoms. The Morgan fingerprint density at radius 1 is 1.42 bits per heavy atom. The maximum absolute atomic E-state index is 11.7. The van der Waals surface area contributed by atoms with E-state index in [2.05, 4.69) is 5.32 Å². The molecule has 1 unspecified atom stereocenters. The predicted molar refractivity (Wildman–Crippen MR) is 71.4 cm³/mol. The van der Waals surface area contributed by atoms with E-state index >= 15 is 0 Å². The van der Waals surface area contributed by atoms with Crippen molar-refractivity contribution in [1.29, 1.82) is 0 Å². The van der Waals surface area contributed by atoms with Crippen LogP contribution in [0.1, 0.15) is 6.92 Å². The molecular weight excluding hydrogens is 250 g/mol. The quantitative estimate of drug-likeness (QED) is 0.645. The Bertz CT molecular complexity index is 488. The van der Waals surface area contributed by atoms with Gasteiger partial charge in [-0.3, -0.25) is 14.9 Å². The second-order valence-corrected chi connectivity index (χ2v) is 4.28. The van der Waals surface area contributed by atoms with Gasteiger partial charge in [-0.1, -0.05) is 0 Å². The zero-order valence-corrected chi connectivity index (χ0v) is 11.3. The van der Waals surface area contributed by atoms with Crippen molar-refractivity contribution in [2.45, 2.75) is 13.0 Å². The van der Waals surface area contributed by atoms with Gasteiger partial charge in [0.15, 0.2) is 0 Å². The van der Waals surface area contributed by atoms with E-state index in [0.29, 0.717) is 11.4 Å². The van der Waals surface area contributed by atoms with E-state index in [4.69, 9.17) is 4.74 Å². The SMILES string of the molecule is COc1cc(NC(C)C(=O)N(C)C)cc([N+](=O)[O-])c1. The fraction of sp³-hybridized carbons (Fsp3) is 0.417. The van der Waals surface area contributed by atoms with Crippen molar-refractivity contribution in [3.05, 3.63) is 28.3 Å². The largest absolute Gasteiger partial charge is 0.496 e. The molecule has 7 heteroatoms. The van der Waals surface area contributed by atoms with Crippen LogP contribution in [0.5, 0.6) is 5.75 Å². The molecule has 104 valence electrons. The average molecular weight is 267 g/mol. The van der Waals surface area contributed by atoms with Crippen LogP contribution in [-0.2, 0) is 4.79 Å². The third-order valence-electron chi connectivity index (χ3n) is 2.53. The Labute approximate surface area is 111 Å². The van der Waals surface area contributed by atoms with Gasteiger partial charge in [-0.25, -0.2) is 0 Å². The number of nitro benzene ring substituents is 1. The molecule has 0 heterocycles. The molecule has 0 aliphatic carbocycles.